The largest absolute Gasteiger partial charge is 0.383 e. The number of rotatable bonds is 7. The lowest BCUT2D eigenvalue weighted by Gasteiger charge is -2.23. The van der Waals surface area contributed by atoms with E-state index >= 15 is 0 Å². The highest BCUT2D eigenvalue weighted by Crippen LogP contribution is 2.24. The van der Waals surface area contributed by atoms with Crippen molar-refractivity contribution in [1.29, 1.82) is 0 Å². The summed E-state index contributed by atoms with van der Waals surface area (Å²) in [6.45, 7) is 6.98. The summed E-state index contributed by atoms with van der Waals surface area (Å²) in [6.07, 6.45) is 2.14. The Morgan fingerprint density at radius 3 is 2.73 bits per heavy atom. The number of amides is 2. The van der Waals surface area contributed by atoms with Gasteiger partial charge in [0.1, 0.15) is 5.60 Å². The minimum Gasteiger partial charge on any atom is -0.383 e. The second-order valence-corrected chi connectivity index (χ2v) is 8.57. The van der Waals surface area contributed by atoms with Crippen molar-refractivity contribution in [2.75, 3.05) is 31.5 Å². The molecule has 1 fully saturated rings. The Hall–Kier alpha value is -2.58. The van der Waals surface area contributed by atoms with E-state index in [4.69, 9.17) is 0 Å². The van der Waals surface area contributed by atoms with E-state index < -0.39 is 5.60 Å². The molecule has 0 radical (unpaired) electrons. The van der Waals surface area contributed by atoms with Gasteiger partial charge in [-0.05, 0) is 55.8 Å². The Morgan fingerprint density at radius 2 is 2.03 bits per heavy atom. The third-order valence-corrected chi connectivity index (χ3v) is 6.11. The van der Waals surface area contributed by atoms with Gasteiger partial charge in [-0.15, -0.1) is 11.3 Å². The molecule has 1 aromatic carbocycles. The SMILES string of the molecule is CCNC(=NCc1cccc(NC(=O)N2CCCC2)c1)NCC(C)(O)c1cccs1. The predicted octanol–water partition coefficient (Wildman–Crippen LogP) is 3.34. The summed E-state index contributed by atoms with van der Waals surface area (Å²) in [5.41, 5.74) is 0.805. The number of carbonyl (C=O) groups is 1. The topological polar surface area (TPSA) is 89.0 Å². The molecule has 162 valence electrons. The maximum atomic E-state index is 12.3. The van der Waals surface area contributed by atoms with E-state index in [2.05, 4.69) is 20.9 Å². The maximum absolute atomic E-state index is 12.3. The van der Waals surface area contributed by atoms with E-state index in [1.807, 2.05) is 53.6 Å². The van der Waals surface area contributed by atoms with Crippen LogP contribution in [-0.4, -0.2) is 48.2 Å². The number of likely N-dealkylation sites (tertiary alicyclic amines) is 1. The molecule has 1 unspecified atom stereocenters. The standard InChI is InChI=1S/C22H31N5O2S/c1-3-23-20(25-16-22(2,29)19-10-7-13-30-19)24-15-17-8-6-9-18(14-17)26-21(28)27-11-4-5-12-27/h6-10,13-14,29H,3-5,11-12,15-16H2,1-2H3,(H,26,28)(H2,23,24,25). The fourth-order valence-electron chi connectivity index (χ4n) is 3.31. The number of urea groups is 1. The summed E-state index contributed by atoms with van der Waals surface area (Å²) in [7, 11) is 0. The Morgan fingerprint density at radius 1 is 1.23 bits per heavy atom. The third kappa shape index (κ3) is 6.21. The van der Waals surface area contributed by atoms with Gasteiger partial charge in [0.2, 0.25) is 0 Å². The Balaban J connectivity index is 1.59. The number of anilines is 1. The number of aliphatic hydroxyl groups is 1. The Kier molecular flexibility index (Phi) is 7.70. The zero-order chi connectivity index (χ0) is 21.4. The molecule has 1 aliphatic heterocycles. The van der Waals surface area contributed by atoms with Gasteiger partial charge in [0.15, 0.2) is 5.96 Å². The molecule has 0 saturated carbocycles. The van der Waals surface area contributed by atoms with Gasteiger partial charge in [0.25, 0.3) is 0 Å². The molecule has 3 rings (SSSR count). The molecule has 8 heteroatoms. The number of hydrogen-bond acceptors (Lipinski definition) is 4. The van der Waals surface area contributed by atoms with Gasteiger partial charge in [-0.2, -0.15) is 0 Å². The molecule has 2 aromatic rings. The summed E-state index contributed by atoms with van der Waals surface area (Å²) < 4.78 is 0. The van der Waals surface area contributed by atoms with Crippen molar-refractivity contribution in [1.82, 2.24) is 15.5 Å². The average Bonchev–Trinajstić information content (AvgIpc) is 3.45. The minimum absolute atomic E-state index is 0.0426. The quantitative estimate of drug-likeness (QED) is 0.401. The predicted molar refractivity (Wildman–Crippen MR) is 123 cm³/mol. The summed E-state index contributed by atoms with van der Waals surface area (Å²) in [5.74, 6) is 0.640. The van der Waals surface area contributed by atoms with Crippen LogP contribution in [0.1, 0.15) is 37.1 Å². The summed E-state index contributed by atoms with van der Waals surface area (Å²) in [6, 6.07) is 11.6. The van der Waals surface area contributed by atoms with E-state index in [0.29, 0.717) is 19.0 Å². The summed E-state index contributed by atoms with van der Waals surface area (Å²) in [4.78, 5) is 19.7. The Labute approximate surface area is 182 Å². The van der Waals surface area contributed by atoms with Crippen LogP contribution in [0.4, 0.5) is 10.5 Å². The molecule has 4 N–H and O–H groups in total. The summed E-state index contributed by atoms with van der Waals surface area (Å²) in [5, 5.41) is 22.1. The van der Waals surface area contributed by atoms with E-state index in [9.17, 15) is 9.90 Å². The zero-order valence-corrected chi connectivity index (χ0v) is 18.5. The molecule has 7 nitrogen and oxygen atoms in total. The number of benzene rings is 1. The fourth-order valence-corrected chi connectivity index (χ4v) is 4.10. The molecule has 30 heavy (non-hydrogen) atoms. The maximum Gasteiger partial charge on any atom is 0.321 e. The molecular formula is C22H31N5O2S. The zero-order valence-electron chi connectivity index (χ0n) is 17.6. The van der Waals surface area contributed by atoms with Gasteiger partial charge < -0.3 is 26.0 Å². The second-order valence-electron chi connectivity index (χ2n) is 7.62. The molecule has 2 heterocycles. The van der Waals surface area contributed by atoms with Crippen molar-refractivity contribution in [2.45, 2.75) is 38.8 Å². The normalized spacial score (nSPS) is 16.2. The number of aliphatic imine (C=N–C) groups is 1. The number of nitrogens with one attached hydrogen (secondary N) is 3. The minimum atomic E-state index is -0.968. The van der Waals surface area contributed by atoms with Gasteiger partial charge in [-0.1, -0.05) is 18.2 Å². The van der Waals surface area contributed by atoms with E-state index in [1.165, 1.54) is 11.3 Å². The third-order valence-electron chi connectivity index (χ3n) is 4.99. The van der Waals surface area contributed by atoms with Crippen LogP contribution in [0.15, 0.2) is 46.8 Å². The van der Waals surface area contributed by atoms with E-state index in [1.54, 1.807) is 6.92 Å². The van der Waals surface area contributed by atoms with Crippen molar-refractivity contribution in [3.8, 4) is 0 Å². The van der Waals surface area contributed by atoms with Gasteiger partial charge in [-0.3, -0.25) is 0 Å². The monoisotopic (exact) mass is 429 g/mol. The van der Waals surface area contributed by atoms with Crippen LogP contribution >= 0.6 is 11.3 Å². The molecule has 0 bridgehead atoms. The van der Waals surface area contributed by atoms with Crippen LogP contribution in [0, 0.1) is 0 Å². The highest BCUT2D eigenvalue weighted by molar-refractivity contribution is 7.10. The van der Waals surface area contributed by atoms with Crippen molar-refractivity contribution < 1.29 is 9.90 Å². The molecule has 1 aliphatic rings. The highest BCUT2D eigenvalue weighted by atomic mass is 32.1. The number of guanidine groups is 1. The summed E-state index contributed by atoms with van der Waals surface area (Å²) >= 11 is 1.53. The first-order valence-electron chi connectivity index (χ1n) is 10.4. The van der Waals surface area contributed by atoms with Crippen molar-refractivity contribution in [3.05, 3.63) is 52.2 Å². The smallest absolute Gasteiger partial charge is 0.321 e. The van der Waals surface area contributed by atoms with Crippen LogP contribution in [-0.2, 0) is 12.1 Å². The van der Waals surface area contributed by atoms with Gasteiger partial charge in [0, 0.05) is 30.2 Å². The average molecular weight is 430 g/mol. The van der Waals surface area contributed by atoms with Crippen LogP contribution in [0.5, 0.6) is 0 Å². The highest BCUT2D eigenvalue weighted by Gasteiger charge is 2.24. The molecule has 2 amide bonds. The van der Waals surface area contributed by atoms with E-state index in [0.717, 1.165) is 48.6 Å². The first kappa shape index (κ1) is 22.1. The first-order chi connectivity index (χ1) is 14.5. The number of hydrogen-bond donors (Lipinski definition) is 4. The number of carbonyl (C=O) groups excluding carboxylic acids is 1. The molecular weight excluding hydrogens is 398 g/mol. The fraction of sp³-hybridized carbons (Fsp3) is 0.455. The first-order valence-corrected chi connectivity index (χ1v) is 11.3. The lowest BCUT2D eigenvalue weighted by Crippen LogP contribution is -2.44. The van der Waals surface area contributed by atoms with Crippen LogP contribution in [0.25, 0.3) is 0 Å². The molecule has 0 aliphatic carbocycles. The van der Waals surface area contributed by atoms with Gasteiger partial charge in [-0.25, -0.2) is 9.79 Å². The van der Waals surface area contributed by atoms with Crippen molar-refractivity contribution >= 4 is 29.0 Å². The van der Waals surface area contributed by atoms with Gasteiger partial charge >= 0.3 is 6.03 Å². The Bertz CT molecular complexity index is 845. The lowest BCUT2D eigenvalue weighted by atomic mass is 10.1. The second kappa shape index (κ2) is 10.4. The molecule has 1 aromatic heterocycles. The van der Waals surface area contributed by atoms with Crippen LogP contribution in [0.2, 0.25) is 0 Å². The molecule has 1 atom stereocenters. The van der Waals surface area contributed by atoms with Gasteiger partial charge in [0.05, 0.1) is 13.1 Å². The molecule has 1 saturated heterocycles. The van der Waals surface area contributed by atoms with Crippen LogP contribution < -0.4 is 16.0 Å². The number of thiophene rings is 1. The lowest BCUT2D eigenvalue weighted by molar-refractivity contribution is 0.0655. The molecule has 0 spiro atoms. The number of nitrogens with zero attached hydrogens (tertiary/aromatic N) is 2. The van der Waals surface area contributed by atoms with E-state index in [-0.39, 0.29) is 6.03 Å². The van der Waals surface area contributed by atoms with Crippen molar-refractivity contribution in [2.24, 2.45) is 4.99 Å². The van der Waals surface area contributed by atoms with Crippen LogP contribution in [0.3, 0.4) is 0 Å². The van der Waals surface area contributed by atoms with Crippen molar-refractivity contribution in [3.63, 3.8) is 0 Å².